The summed E-state index contributed by atoms with van der Waals surface area (Å²) in [5.74, 6) is 0.566. The molecule has 0 bridgehead atoms. The van der Waals surface area contributed by atoms with Crippen LogP contribution in [0.25, 0.3) is 6.08 Å². The Balaban J connectivity index is 1.69. The Morgan fingerprint density at radius 1 is 1.07 bits per heavy atom. The van der Waals surface area contributed by atoms with Crippen molar-refractivity contribution in [3.63, 3.8) is 0 Å². The van der Waals surface area contributed by atoms with E-state index < -0.39 is 0 Å². The number of nitrogens with one attached hydrogen (secondary N) is 1. The first-order valence-corrected chi connectivity index (χ1v) is 9.19. The fourth-order valence-corrected chi connectivity index (χ4v) is 2.99. The number of hydrogen-bond donors (Lipinski definition) is 1. The third kappa shape index (κ3) is 4.68. The fraction of sp³-hybridized carbons (Fsp3) is 0.217. The van der Waals surface area contributed by atoms with Gasteiger partial charge in [-0.3, -0.25) is 9.48 Å². The Morgan fingerprint density at radius 2 is 1.75 bits per heavy atom. The SMILES string of the molecule is COc1ccc(NC(=O)/C=C/c2c(C)nn(Cc3ccc(C)cc3)c2C)cc1. The Hall–Kier alpha value is -3.34. The second-order valence-electron chi connectivity index (χ2n) is 6.78. The van der Waals surface area contributed by atoms with E-state index in [9.17, 15) is 4.79 Å². The third-order valence-corrected chi connectivity index (χ3v) is 4.65. The van der Waals surface area contributed by atoms with Gasteiger partial charge in [0.15, 0.2) is 0 Å². The van der Waals surface area contributed by atoms with Gasteiger partial charge in [-0.15, -0.1) is 0 Å². The van der Waals surface area contributed by atoms with Crippen molar-refractivity contribution in [1.82, 2.24) is 9.78 Å². The highest BCUT2D eigenvalue weighted by Crippen LogP contribution is 2.18. The summed E-state index contributed by atoms with van der Waals surface area (Å²) in [6.45, 7) is 6.76. The quantitative estimate of drug-likeness (QED) is 0.645. The molecule has 1 amide bonds. The van der Waals surface area contributed by atoms with E-state index in [0.29, 0.717) is 6.54 Å². The molecule has 144 valence electrons. The molecule has 0 aliphatic rings. The summed E-state index contributed by atoms with van der Waals surface area (Å²) in [6.07, 6.45) is 3.36. The van der Waals surface area contributed by atoms with Crippen LogP contribution in [0.3, 0.4) is 0 Å². The van der Waals surface area contributed by atoms with Crippen LogP contribution < -0.4 is 10.1 Å². The lowest BCUT2D eigenvalue weighted by Crippen LogP contribution is -2.07. The Bertz CT molecular complexity index is 984. The van der Waals surface area contributed by atoms with Crippen LogP contribution in [0.2, 0.25) is 0 Å². The zero-order chi connectivity index (χ0) is 20.1. The van der Waals surface area contributed by atoms with Crippen molar-refractivity contribution in [3.8, 4) is 5.75 Å². The van der Waals surface area contributed by atoms with Crippen molar-refractivity contribution in [2.75, 3.05) is 12.4 Å². The van der Waals surface area contributed by atoms with Gasteiger partial charge in [-0.25, -0.2) is 0 Å². The summed E-state index contributed by atoms with van der Waals surface area (Å²) in [4.78, 5) is 12.2. The highest BCUT2D eigenvalue weighted by molar-refractivity contribution is 6.02. The second-order valence-corrected chi connectivity index (χ2v) is 6.78. The summed E-state index contributed by atoms with van der Waals surface area (Å²) in [7, 11) is 1.61. The molecule has 5 nitrogen and oxygen atoms in total. The van der Waals surface area contributed by atoms with Gasteiger partial charge in [0.1, 0.15) is 5.75 Å². The highest BCUT2D eigenvalue weighted by Gasteiger charge is 2.10. The predicted octanol–water partition coefficient (Wildman–Crippen LogP) is 4.52. The van der Waals surface area contributed by atoms with Crippen molar-refractivity contribution in [1.29, 1.82) is 0 Å². The number of nitrogens with zero attached hydrogens (tertiary/aromatic N) is 2. The van der Waals surface area contributed by atoms with Gasteiger partial charge >= 0.3 is 0 Å². The standard InChI is InChI=1S/C23H25N3O2/c1-16-5-7-19(8-6-16)15-26-18(3)22(17(2)25-26)13-14-23(27)24-20-9-11-21(28-4)12-10-20/h5-14H,15H2,1-4H3,(H,24,27)/b14-13+. The monoisotopic (exact) mass is 375 g/mol. The normalized spacial score (nSPS) is 11.0. The lowest BCUT2D eigenvalue weighted by Gasteiger charge is -2.05. The maximum atomic E-state index is 12.2. The molecule has 1 heterocycles. The number of carbonyl (C=O) groups excluding carboxylic acids is 1. The van der Waals surface area contributed by atoms with Gasteiger partial charge < -0.3 is 10.1 Å². The molecule has 0 unspecified atom stereocenters. The number of aromatic nitrogens is 2. The third-order valence-electron chi connectivity index (χ3n) is 4.65. The van der Waals surface area contributed by atoms with Crippen molar-refractivity contribution >= 4 is 17.7 Å². The van der Waals surface area contributed by atoms with Gasteiger partial charge in [0, 0.05) is 23.0 Å². The number of amides is 1. The summed E-state index contributed by atoms with van der Waals surface area (Å²) in [6, 6.07) is 15.7. The topological polar surface area (TPSA) is 56.1 Å². The molecule has 1 N–H and O–H groups in total. The van der Waals surface area contributed by atoms with Crippen LogP contribution in [0, 0.1) is 20.8 Å². The minimum Gasteiger partial charge on any atom is -0.497 e. The average molecular weight is 375 g/mol. The van der Waals surface area contributed by atoms with E-state index in [2.05, 4.69) is 41.6 Å². The first-order chi connectivity index (χ1) is 13.5. The van der Waals surface area contributed by atoms with E-state index in [1.54, 1.807) is 19.2 Å². The number of benzene rings is 2. The van der Waals surface area contributed by atoms with Crippen molar-refractivity contribution < 1.29 is 9.53 Å². The predicted molar refractivity (Wildman–Crippen MR) is 113 cm³/mol. The minimum absolute atomic E-state index is 0.185. The number of anilines is 1. The van der Waals surface area contributed by atoms with Gasteiger partial charge in [0.25, 0.3) is 0 Å². The molecule has 0 spiro atoms. The van der Waals surface area contributed by atoms with Crippen LogP contribution in [0.4, 0.5) is 5.69 Å². The molecule has 1 aromatic heterocycles. The van der Waals surface area contributed by atoms with Crippen LogP contribution in [-0.4, -0.2) is 22.8 Å². The van der Waals surface area contributed by atoms with Gasteiger partial charge in [-0.2, -0.15) is 5.10 Å². The van der Waals surface area contributed by atoms with E-state index in [4.69, 9.17) is 4.74 Å². The molecule has 5 heteroatoms. The van der Waals surface area contributed by atoms with Crippen LogP contribution in [-0.2, 0) is 11.3 Å². The average Bonchev–Trinajstić information content (AvgIpc) is 2.95. The van der Waals surface area contributed by atoms with Gasteiger partial charge in [-0.1, -0.05) is 29.8 Å². The summed E-state index contributed by atoms with van der Waals surface area (Å²) in [5, 5.41) is 7.47. The number of methoxy groups -OCH3 is 1. The Labute approximate surface area is 165 Å². The van der Waals surface area contributed by atoms with Crippen molar-refractivity contribution in [3.05, 3.63) is 82.7 Å². The van der Waals surface area contributed by atoms with E-state index in [1.165, 1.54) is 17.2 Å². The molecular weight excluding hydrogens is 350 g/mol. The number of ether oxygens (including phenoxy) is 1. The zero-order valence-corrected chi connectivity index (χ0v) is 16.7. The molecule has 0 fully saturated rings. The maximum absolute atomic E-state index is 12.2. The molecule has 0 atom stereocenters. The lowest BCUT2D eigenvalue weighted by molar-refractivity contribution is -0.111. The second kappa shape index (κ2) is 8.57. The van der Waals surface area contributed by atoms with Crippen LogP contribution >= 0.6 is 0 Å². The van der Waals surface area contributed by atoms with E-state index in [-0.39, 0.29) is 5.91 Å². The molecule has 0 aliphatic heterocycles. The van der Waals surface area contributed by atoms with Crippen LogP contribution in [0.5, 0.6) is 5.75 Å². The molecule has 3 rings (SSSR count). The van der Waals surface area contributed by atoms with Crippen molar-refractivity contribution in [2.45, 2.75) is 27.3 Å². The smallest absolute Gasteiger partial charge is 0.248 e. The minimum atomic E-state index is -0.185. The number of hydrogen-bond acceptors (Lipinski definition) is 3. The summed E-state index contributed by atoms with van der Waals surface area (Å²) in [5.41, 5.74) is 6.06. The molecule has 0 radical (unpaired) electrons. The highest BCUT2D eigenvalue weighted by atomic mass is 16.5. The summed E-state index contributed by atoms with van der Waals surface area (Å²) < 4.78 is 7.09. The largest absolute Gasteiger partial charge is 0.497 e. The Morgan fingerprint density at radius 3 is 2.39 bits per heavy atom. The van der Waals surface area contributed by atoms with E-state index in [1.807, 2.05) is 36.7 Å². The molecule has 0 aliphatic carbocycles. The molecule has 0 saturated carbocycles. The lowest BCUT2D eigenvalue weighted by atomic mass is 10.1. The number of aryl methyl sites for hydroxylation is 2. The number of carbonyl (C=O) groups is 1. The molecule has 3 aromatic rings. The summed E-state index contributed by atoms with van der Waals surface area (Å²) >= 11 is 0. The molecule has 2 aromatic carbocycles. The van der Waals surface area contributed by atoms with Crippen LogP contribution in [0.1, 0.15) is 28.1 Å². The van der Waals surface area contributed by atoms with Crippen LogP contribution in [0.15, 0.2) is 54.6 Å². The number of rotatable bonds is 6. The zero-order valence-electron chi connectivity index (χ0n) is 16.7. The Kier molecular flexibility index (Phi) is 5.94. The first kappa shape index (κ1) is 19.4. The van der Waals surface area contributed by atoms with Crippen molar-refractivity contribution in [2.24, 2.45) is 0 Å². The van der Waals surface area contributed by atoms with Gasteiger partial charge in [0.05, 0.1) is 19.3 Å². The maximum Gasteiger partial charge on any atom is 0.248 e. The molecular formula is C23H25N3O2. The van der Waals surface area contributed by atoms with Gasteiger partial charge in [-0.05, 0) is 56.7 Å². The van der Waals surface area contributed by atoms with E-state index >= 15 is 0 Å². The van der Waals surface area contributed by atoms with E-state index in [0.717, 1.165) is 28.4 Å². The molecule has 0 saturated heterocycles. The molecule has 28 heavy (non-hydrogen) atoms. The first-order valence-electron chi connectivity index (χ1n) is 9.19. The van der Waals surface area contributed by atoms with Gasteiger partial charge in [0.2, 0.25) is 5.91 Å². The fourth-order valence-electron chi connectivity index (χ4n) is 2.99.